The molecule has 1 unspecified atom stereocenters. The molecule has 1 fully saturated rings. The quantitative estimate of drug-likeness (QED) is 0.460. The highest BCUT2D eigenvalue weighted by molar-refractivity contribution is 5.09. The standard InChI is InChI=1S/C10H8F12O2/c1-5(11,12)6(13,14)7(15,16)8(17,18)9(19,20)10(21,22)24-3-4-2-23-4/h4H,2-3H2,1H3. The highest BCUT2D eigenvalue weighted by Gasteiger charge is 2.90. The predicted octanol–water partition coefficient (Wildman–Crippen LogP) is 4.19. The van der Waals surface area contributed by atoms with Crippen LogP contribution in [-0.2, 0) is 9.47 Å². The molecule has 0 aliphatic carbocycles. The van der Waals surface area contributed by atoms with Gasteiger partial charge in [-0.1, -0.05) is 0 Å². The van der Waals surface area contributed by atoms with Crippen LogP contribution in [0, 0.1) is 0 Å². The van der Waals surface area contributed by atoms with Crippen molar-refractivity contribution >= 4 is 0 Å². The van der Waals surface area contributed by atoms with E-state index in [0.717, 1.165) is 0 Å². The molecule has 0 aromatic rings. The second kappa shape index (κ2) is 5.54. The van der Waals surface area contributed by atoms with Crippen molar-refractivity contribution in [3.8, 4) is 0 Å². The fraction of sp³-hybridized carbons (Fsp3) is 1.00. The minimum atomic E-state index is -7.59. The number of epoxide rings is 1. The molecule has 0 bridgehead atoms. The van der Waals surface area contributed by atoms with Crippen molar-refractivity contribution in [1.82, 2.24) is 0 Å². The second-order valence-corrected chi connectivity index (χ2v) is 4.97. The molecule has 0 amide bonds. The Balaban J connectivity index is 3.22. The van der Waals surface area contributed by atoms with Crippen LogP contribution in [0.1, 0.15) is 6.92 Å². The van der Waals surface area contributed by atoms with Crippen molar-refractivity contribution < 1.29 is 62.2 Å². The summed E-state index contributed by atoms with van der Waals surface area (Å²) in [5.41, 5.74) is 0. The lowest BCUT2D eigenvalue weighted by Gasteiger charge is -2.40. The summed E-state index contributed by atoms with van der Waals surface area (Å²) in [5, 5.41) is 0. The van der Waals surface area contributed by atoms with Gasteiger partial charge in [-0.3, -0.25) is 0 Å². The van der Waals surface area contributed by atoms with Crippen molar-refractivity contribution in [1.29, 1.82) is 0 Å². The fourth-order valence-electron chi connectivity index (χ4n) is 1.31. The Labute approximate surface area is 125 Å². The molecular formula is C10H8F12O2. The second-order valence-electron chi connectivity index (χ2n) is 4.97. The summed E-state index contributed by atoms with van der Waals surface area (Å²) in [4.78, 5) is 0. The monoisotopic (exact) mass is 388 g/mol. The van der Waals surface area contributed by atoms with Gasteiger partial charge in [0.05, 0.1) is 13.2 Å². The molecule has 1 heterocycles. The van der Waals surface area contributed by atoms with E-state index in [9.17, 15) is 52.7 Å². The molecule has 0 N–H and O–H groups in total. The predicted molar refractivity (Wildman–Crippen MR) is 51.0 cm³/mol. The van der Waals surface area contributed by atoms with Crippen molar-refractivity contribution in [2.45, 2.75) is 48.7 Å². The molecule has 144 valence electrons. The van der Waals surface area contributed by atoms with Crippen LogP contribution in [0.4, 0.5) is 52.7 Å². The van der Waals surface area contributed by atoms with Gasteiger partial charge >= 0.3 is 35.7 Å². The zero-order chi connectivity index (χ0) is 19.4. The number of hydrogen-bond donors (Lipinski definition) is 0. The first-order chi connectivity index (χ1) is 10.3. The lowest BCUT2D eigenvalue weighted by molar-refractivity contribution is -0.456. The summed E-state index contributed by atoms with van der Waals surface area (Å²) < 4.78 is 162. The molecule has 1 aliphatic rings. The Morgan fingerprint density at radius 3 is 1.46 bits per heavy atom. The lowest BCUT2D eigenvalue weighted by Crippen LogP contribution is -2.70. The molecule has 1 aliphatic heterocycles. The van der Waals surface area contributed by atoms with Gasteiger partial charge in [0, 0.05) is 6.92 Å². The zero-order valence-electron chi connectivity index (χ0n) is 11.3. The molecule has 0 spiro atoms. The van der Waals surface area contributed by atoms with Gasteiger partial charge in [0.25, 0.3) is 0 Å². The highest BCUT2D eigenvalue weighted by atomic mass is 19.4. The lowest BCUT2D eigenvalue weighted by atomic mass is 9.94. The maximum atomic E-state index is 13.1. The Morgan fingerprint density at radius 2 is 1.12 bits per heavy atom. The molecular weight excluding hydrogens is 380 g/mol. The number of alkyl halides is 12. The van der Waals surface area contributed by atoms with Gasteiger partial charge in [-0.25, -0.2) is 0 Å². The van der Waals surface area contributed by atoms with Crippen LogP contribution in [0.2, 0.25) is 0 Å². The summed E-state index contributed by atoms with van der Waals surface area (Å²) in [6.45, 7) is -2.69. The zero-order valence-corrected chi connectivity index (χ0v) is 11.3. The molecule has 0 saturated carbocycles. The first kappa shape index (κ1) is 21.1. The maximum absolute atomic E-state index is 13.1. The van der Waals surface area contributed by atoms with Crippen molar-refractivity contribution in [2.75, 3.05) is 13.2 Å². The fourth-order valence-corrected chi connectivity index (χ4v) is 1.31. The van der Waals surface area contributed by atoms with Gasteiger partial charge in [-0.2, -0.15) is 52.7 Å². The molecule has 24 heavy (non-hydrogen) atoms. The first-order valence-corrected chi connectivity index (χ1v) is 5.85. The van der Waals surface area contributed by atoms with Gasteiger partial charge in [0.1, 0.15) is 6.10 Å². The molecule has 1 atom stereocenters. The van der Waals surface area contributed by atoms with E-state index in [-0.39, 0.29) is 6.61 Å². The smallest absolute Gasteiger partial charge is 0.371 e. The first-order valence-electron chi connectivity index (χ1n) is 5.85. The molecule has 0 radical (unpaired) electrons. The average Bonchev–Trinajstić information content (AvgIpc) is 3.18. The summed E-state index contributed by atoms with van der Waals surface area (Å²) in [6, 6.07) is 0. The number of rotatable bonds is 8. The van der Waals surface area contributed by atoms with Crippen molar-refractivity contribution in [3.05, 3.63) is 0 Å². The Hall–Kier alpha value is -0.920. The third-order valence-electron chi connectivity index (χ3n) is 2.95. The number of ether oxygens (including phenoxy) is 2. The summed E-state index contributed by atoms with van der Waals surface area (Å²) in [5.74, 6) is -35.4. The van der Waals surface area contributed by atoms with E-state index in [0.29, 0.717) is 0 Å². The Kier molecular flexibility index (Phi) is 4.88. The van der Waals surface area contributed by atoms with E-state index >= 15 is 0 Å². The van der Waals surface area contributed by atoms with Crippen molar-refractivity contribution in [2.24, 2.45) is 0 Å². The highest BCUT2D eigenvalue weighted by Crippen LogP contribution is 2.60. The van der Waals surface area contributed by atoms with E-state index in [1.54, 1.807) is 0 Å². The number of halogens is 12. The Bertz CT molecular complexity index is 465. The van der Waals surface area contributed by atoms with Gasteiger partial charge in [-0.15, -0.1) is 0 Å². The maximum Gasteiger partial charge on any atom is 0.426 e. The minimum Gasteiger partial charge on any atom is -0.371 e. The number of hydrogen-bond acceptors (Lipinski definition) is 2. The third kappa shape index (κ3) is 3.02. The van der Waals surface area contributed by atoms with Crippen molar-refractivity contribution in [3.63, 3.8) is 0 Å². The van der Waals surface area contributed by atoms with E-state index in [1.807, 2.05) is 0 Å². The van der Waals surface area contributed by atoms with Crippen LogP contribution >= 0.6 is 0 Å². The van der Waals surface area contributed by atoms with Gasteiger partial charge in [0.2, 0.25) is 0 Å². The third-order valence-corrected chi connectivity index (χ3v) is 2.95. The van der Waals surface area contributed by atoms with E-state index < -0.39 is 55.4 Å². The molecule has 2 nitrogen and oxygen atoms in total. The van der Waals surface area contributed by atoms with E-state index in [1.165, 1.54) is 0 Å². The summed E-state index contributed by atoms with van der Waals surface area (Å²) in [6.07, 6.45) is -7.58. The van der Waals surface area contributed by atoms with Gasteiger partial charge in [-0.05, 0) is 0 Å². The van der Waals surface area contributed by atoms with Gasteiger partial charge < -0.3 is 9.47 Å². The van der Waals surface area contributed by atoms with Crippen LogP contribution in [0.25, 0.3) is 0 Å². The molecule has 1 saturated heterocycles. The molecule has 0 aromatic heterocycles. The van der Waals surface area contributed by atoms with E-state index in [2.05, 4.69) is 9.47 Å². The van der Waals surface area contributed by atoms with Crippen LogP contribution in [0.15, 0.2) is 0 Å². The summed E-state index contributed by atoms with van der Waals surface area (Å²) >= 11 is 0. The van der Waals surface area contributed by atoms with Crippen LogP contribution in [0.5, 0.6) is 0 Å². The van der Waals surface area contributed by atoms with E-state index in [4.69, 9.17) is 0 Å². The molecule has 0 aromatic carbocycles. The summed E-state index contributed by atoms with van der Waals surface area (Å²) in [7, 11) is 0. The normalized spacial score (nSPS) is 21.1. The van der Waals surface area contributed by atoms with Gasteiger partial charge in [0.15, 0.2) is 0 Å². The topological polar surface area (TPSA) is 21.8 Å². The average molecular weight is 388 g/mol. The molecule has 1 rings (SSSR count). The SMILES string of the molecule is CC(F)(F)C(F)(F)C(F)(F)C(F)(F)C(F)(F)C(F)(F)OCC1CO1. The van der Waals surface area contributed by atoms with Crippen LogP contribution < -0.4 is 0 Å². The Morgan fingerprint density at radius 1 is 0.750 bits per heavy atom. The van der Waals surface area contributed by atoms with Crippen LogP contribution in [0.3, 0.4) is 0 Å². The molecule has 14 heteroatoms. The minimum absolute atomic E-state index is 0.283. The largest absolute Gasteiger partial charge is 0.426 e. The van der Waals surface area contributed by atoms with Crippen LogP contribution in [-0.4, -0.2) is 55.0 Å².